The second-order valence-corrected chi connectivity index (χ2v) is 15.5. The molecule has 0 unspecified atom stereocenters. The van der Waals surface area contributed by atoms with Crippen molar-refractivity contribution >= 4 is 66.8 Å². The van der Waals surface area contributed by atoms with Crippen molar-refractivity contribution in [3.05, 3.63) is 70.8 Å². The first-order chi connectivity index (χ1) is 26.9. The van der Waals surface area contributed by atoms with E-state index >= 15 is 0 Å². The Morgan fingerprint density at radius 3 is 1.22 bits per heavy atom. The lowest BCUT2D eigenvalue weighted by atomic mass is 9.83. The van der Waals surface area contributed by atoms with Crippen LogP contribution in [0.2, 0.25) is 0 Å². The molecule has 0 bridgehead atoms. The van der Waals surface area contributed by atoms with Gasteiger partial charge in [-0.1, -0.05) is 141 Å². The minimum atomic E-state index is -0.455. The monoisotopic (exact) mass is 745 g/mol. The fraction of sp³-hybridized carbons (Fsp3) is 0.500. The van der Waals surface area contributed by atoms with Gasteiger partial charge < -0.3 is 9.47 Å². The number of imide groups is 1. The first kappa shape index (κ1) is 40.2. The molecule has 0 saturated carbocycles. The molecule has 1 heterocycles. The summed E-state index contributed by atoms with van der Waals surface area (Å²) in [6.07, 6.45) is 19.9. The van der Waals surface area contributed by atoms with Crippen molar-refractivity contribution < 1.29 is 28.7 Å². The van der Waals surface area contributed by atoms with Crippen LogP contribution in [-0.4, -0.2) is 48.4 Å². The summed E-state index contributed by atoms with van der Waals surface area (Å²) in [5, 5.41) is 6.21. The fourth-order valence-corrected chi connectivity index (χ4v) is 8.44. The summed E-state index contributed by atoms with van der Waals surface area (Å²) in [4.78, 5) is 56.6. The summed E-state index contributed by atoms with van der Waals surface area (Å²) in [6.45, 7) is 7.51. The average Bonchev–Trinajstić information content (AvgIpc) is 3.20. The highest BCUT2D eigenvalue weighted by atomic mass is 16.5. The molecule has 7 heteroatoms. The fourth-order valence-electron chi connectivity index (χ4n) is 8.44. The highest BCUT2D eigenvalue weighted by Gasteiger charge is 2.34. The van der Waals surface area contributed by atoms with Crippen LogP contribution < -0.4 is 0 Å². The van der Waals surface area contributed by atoms with E-state index in [0.717, 1.165) is 83.7 Å². The summed E-state index contributed by atoms with van der Waals surface area (Å²) < 4.78 is 11.8. The van der Waals surface area contributed by atoms with Crippen molar-refractivity contribution in [1.29, 1.82) is 0 Å². The number of fused-ring (bicyclic) bond motifs is 2. The van der Waals surface area contributed by atoms with Crippen molar-refractivity contribution in [2.45, 2.75) is 136 Å². The lowest BCUT2D eigenvalue weighted by Crippen LogP contribution is -2.40. The van der Waals surface area contributed by atoms with E-state index in [9.17, 15) is 19.2 Å². The molecular weight excluding hydrogens is 687 g/mol. The van der Waals surface area contributed by atoms with E-state index in [1.165, 1.54) is 69.1 Å². The number of nitrogens with zero attached hydrogens (tertiary/aromatic N) is 1. The van der Waals surface area contributed by atoms with Crippen molar-refractivity contribution in [2.24, 2.45) is 0 Å². The Morgan fingerprint density at radius 2 is 0.800 bits per heavy atom. The van der Waals surface area contributed by atoms with Crippen molar-refractivity contribution in [2.75, 3.05) is 19.8 Å². The topological polar surface area (TPSA) is 90.0 Å². The van der Waals surface area contributed by atoms with Crippen molar-refractivity contribution in [3.63, 3.8) is 0 Å². The van der Waals surface area contributed by atoms with E-state index in [0.29, 0.717) is 52.8 Å². The molecule has 5 aromatic carbocycles. The quantitative estimate of drug-likeness (QED) is 0.0217. The summed E-state index contributed by atoms with van der Waals surface area (Å²) in [7, 11) is 0. The number of esters is 2. The van der Waals surface area contributed by atoms with E-state index in [-0.39, 0.29) is 11.8 Å². The van der Waals surface area contributed by atoms with E-state index < -0.39 is 11.9 Å². The highest BCUT2D eigenvalue weighted by molar-refractivity contribution is 6.39. The van der Waals surface area contributed by atoms with Crippen LogP contribution in [0.1, 0.15) is 178 Å². The van der Waals surface area contributed by atoms with Crippen LogP contribution in [0.3, 0.4) is 0 Å². The Balaban J connectivity index is 1.33. The number of amides is 2. The van der Waals surface area contributed by atoms with Gasteiger partial charge in [-0.05, 0) is 75.8 Å². The van der Waals surface area contributed by atoms with Gasteiger partial charge >= 0.3 is 11.9 Å². The predicted molar refractivity (Wildman–Crippen MR) is 224 cm³/mol. The molecule has 0 fully saturated rings. The van der Waals surface area contributed by atoms with E-state index in [1.54, 1.807) is 12.1 Å². The molecule has 0 aliphatic carbocycles. The number of unbranched alkanes of at least 4 members (excludes halogenated alkanes) is 15. The van der Waals surface area contributed by atoms with Gasteiger partial charge in [0.15, 0.2) is 0 Å². The van der Waals surface area contributed by atoms with Gasteiger partial charge in [0.25, 0.3) is 11.8 Å². The molecule has 1 aliphatic rings. The Kier molecular flexibility index (Phi) is 14.1. The number of hydrogen-bond acceptors (Lipinski definition) is 6. The lowest BCUT2D eigenvalue weighted by Gasteiger charge is -2.28. The highest BCUT2D eigenvalue weighted by Crippen LogP contribution is 2.45. The molecule has 6 rings (SSSR count). The maximum atomic E-state index is 13.9. The molecule has 0 saturated heterocycles. The normalized spacial score (nSPS) is 12.9. The molecule has 7 nitrogen and oxygen atoms in total. The van der Waals surface area contributed by atoms with Crippen molar-refractivity contribution in [1.82, 2.24) is 4.90 Å². The minimum absolute atomic E-state index is 0.269. The van der Waals surface area contributed by atoms with Gasteiger partial charge in [-0.3, -0.25) is 14.5 Å². The molecule has 5 aromatic rings. The van der Waals surface area contributed by atoms with Gasteiger partial charge in [-0.25, -0.2) is 9.59 Å². The minimum Gasteiger partial charge on any atom is -0.462 e. The number of carbonyl (C=O) groups excluding carboxylic acids is 4. The van der Waals surface area contributed by atoms with Crippen LogP contribution in [0, 0.1) is 0 Å². The average molecular weight is 746 g/mol. The molecule has 0 aromatic heterocycles. The van der Waals surface area contributed by atoms with Crippen LogP contribution in [0.25, 0.3) is 43.1 Å². The Morgan fingerprint density at radius 1 is 0.436 bits per heavy atom. The van der Waals surface area contributed by atoms with Gasteiger partial charge in [0, 0.05) is 28.4 Å². The summed E-state index contributed by atoms with van der Waals surface area (Å²) in [6, 6.07) is 14.9. The molecule has 2 amide bonds. The maximum Gasteiger partial charge on any atom is 0.338 e. The molecule has 0 spiro atoms. The molecule has 0 N–H and O–H groups in total. The SMILES string of the molecule is CCCCCCCCCCOC(=O)c1ccc2c3ccc4c5c(ccc(c6ccc(C(=O)OCCCCCCCCCC)c1c26)c53)C(=O)N(CCCC)C4=O. The van der Waals surface area contributed by atoms with Crippen LogP contribution in [-0.2, 0) is 9.47 Å². The third-order valence-electron chi connectivity index (χ3n) is 11.5. The van der Waals surface area contributed by atoms with Gasteiger partial charge in [-0.2, -0.15) is 0 Å². The Bertz CT molecular complexity index is 1990. The van der Waals surface area contributed by atoms with Crippen LogP contribution in [0.4, 0.5) is 0 Å². The molecule has 0 radical (unpaired) electrons. The molecule has 292 valence electrons. The Labute approximate surface area is 326 Å². The van der Waals surface area contributed by atoms with Gasteiger partial charge in [0.1, 0.15) is 0 Å². The summed E-state index contributed by atoms with van der Waals surface area (Å²) in [5.74, 6) is -1.45. The van der Waals surface area contributed by atoms with E-state index in [2.05, 4.69) is 13.8 Å². The second-order valence-electron chi connectivity index (χ2n) is 15.5. The summed E-state index contributed by atoms with van der Waals surface area (Å²) >= 11 is 0. The van der Waals surface area contributed by atoms with Crippen LogP contribution in [0.15, 0.2) is 48.5 Å². The molecule has 55 heavy (non-hydrogen) atoms. The third kappa shape index (κ3) is 8.66. The number of hydrogen-bond donors (Lipinski definition) is 0. The standard InChI is InChI=1S/C48H59NO6/c1-4-7-10-12-14-16-18-20-31-54-47(52)39-28-24-35-33-22-26-37-43-38(46(51)49(45(37)50)30-9-6-3)27-23-34(41(33)43)36-25-29-40(44(39)42(35)36)48(53)55-32-21-19-17-15-13-11-8-5-2/h22-29H,4-21,30-32H2,1-3H3. The first-order valence-electron chi connectivity index (χ1n) is 21.3. The molecule has 0 atom stereocenters. The predicted octanol–water partition coefficient (Wildman–Crippen LogP) is 12.7. The zero-order chi connectivity index (χ0) is 38.7. The van der Waals surface area contributed by atoms with Gasteiger partial charge in [0.05, 0.1) is 24.3 Å². The number of rotatable bonds is 23. The maximum absolute atomic E-state index is 13.9. The lowest BCUT2D eigenvalue weighted by molar-refractivity contribution is 0.0498. The third-order valence-corrected chi connectivity index (χ3v) is 11.5. The zero-order valence-electron chi connectivity index (χ0n) is 33.4. The second kappa shape index (κ2) is 19.4. The first-order valence-corrected chi connectivity index (χ1v) is 21.3. The number of benzene rings is 5. The molecular formula is C48H59NO6. The van der Waals surface area contributed by atoms with Crippen molar-refractivity contribution in [3.8, 4) is 0 Å². The number of carbonyl (C=O) groups is 4. The van der Waals surface area contributed by atoms with Gasteiger partial charge in [-0.15, -0.1) is 0 Å². The summed E-state index contributed by atoms with van der Waals surface area (Å²) in [5.41, 5.74) is 1.72. The largest absolute Gasteiger partial charge is 0.462 e. The van der Waals surface area contributed by atoms with Crippen LogP contribution in [0.5, 0.6) is 0 Å². The Hall–Kier alpha value is -4.52. The number of ether oxygens (including phenoxy) is 2. The molecule has 1 aliphatic heterocycles. The van der Waals surface area contributed by atoms with Gasteiger partial charge in [0.2, 0.25) is 0 Å². The smallest absolute Gasteiger partial charge is 0.338 e. The van der Waals surface area contributed by atoms with E-state index in [1.807, 2.05) is 43.3 Å². The van der Waals surface area contributed by atoms with E-state index in [4.69, 9.17) is 9.47 Å². The zero-order valence-corrected chi connectivity index (χ0v) is 33.4. The van der Waals surface area contributed by atoms with Crippen LogP contribution >= 0.6 is 0 Å².